The summed E-state index contributed by atoms with van der Waals surface area (Å²) in [5.74, 6) is 0.180. The second-order valence-electron chi connectivity index (χ2n) is 5.10. The van der Waals surface area contributed by atoms with Gasteiger partial charge in [-0.05, 0) is 45.4 Å². The standard InChI is InChI=1S/C14H20O4/c1-10(13(16)18-14(2,3)4)17-12-7-5-11(9-15)6-8-12/h5-8,10,15H,9H2,1-4H3. The third-order valence-electron chi connectivity index (χ3n) is 2.16. The molecule has 0 aliphatic carbocycles. The van der Waals surface area contributed by atoms with Gasteiger partial charge in [0.1, 0.15) is 11.4 Å². The van der Waals surface area contributed by atoms with Gasteiger partial charge in [0.15, 0.2) is 6.10 Å². The molecular formula is C14H20O4. The molecule has 0 aliphatic heterocycles. The minimum Gasteiger partial charge on any atom is -0.479 e. The summed E-state index contributed by atoms with van der Waals surface area (Å²) in [7, 11) is 0. The summed E-state index contributed by atoms with van der Waals surface area (Å²) in [4.78, 5) is 11.7. The molecule has 1 N–H and O–H groups in total. The fraction of sp³-hybridized carbons (Fsp3) is 0.500. The molecule has 0 aromatic heterocycles. The second-order valence-corrected chi connectivity index (χ2v) is 5.10. The van der Waals surface area contributed by atoms with Crippen molar-refractivity contribution in [3.8, 4) is 5.75 Å². The highest BCUT2D eigenvalue weighted by Gasteiger charge is 2.22. The quantitative estimate of drug-likeness (QED) is 0.835. The van der Waals surface area contributed by atoms with E-state index in [-0.39, 0.29) is 6.61 Å². The number of rotatable bonds is 4. The van der Waals surface area contributed by atoms with Crippen LogP contribution < -0.4 is 4.74 Å². The lowest BCUT2D eigenvalue weighted by atomic mass is 10.2. The van der Waals surface area contributed by atoms with Crippen molar-refractivity contribution in [1.82, 2.24) is 0 Å². The predicted molar refractivity (Wildman–Crippen MR) is 68.3 cm³/mol. The average molecular weight is 252 g/mol. The van der Waals surface area contributed by atoms with Crippen molar-refractivity contribution in [2.45, 2.75) is 46.0 Å². The third-order valence-corrected chi connectivity index (χ3v) is 2.16. The molecule has 0 saturated carbocycles. The van der Waals surface area contributed by atoms with Crippen molar-refractivity contribution in [2.75, 3.05) is 0 Å². The molecule has 1 aromatic rings. The molecule has 4 nitrogen and oxygen atoms in total. The number of ether oxygens (including phenoxy) is 2. The first-order valence-corrected chi connectivity index (χ1v) is 5.91. The van der Waals surface area contributed by atoms with Gasteiger partial charge < -0.3 is 14.6 Å². The summed E-state index contributed by atoms with van der Waals surface area (Å²) >= 11 is 0. The number of aliphatic hydroxyl groups excluding tert-OH is 1. The molecule has 1 unspecified atom stereocenters. The molecule has 0 aliphatic rings. The maximum Gasteiger partial charge on any atom is 0.347 e. The van der Waals surface area contributed by atoms with E-state index in [1.165, 1.54) is 0 Å². The number of hydrogen-bond donors (Lipinski definition) is 1. The zero-order valence-electron chi connectivity index (χ0n) is 11.3. The Morgan fingerprint density at radius 3 is 2.28 bits per heavy atom. The molecule has 100 valence electrons. The maximum absolute atomic E-state index is 11.7. The number of esters is 1. The SMILES string of the molecule is CC(Oc1ccc(CO)cc1)C(=O)OC(C)(C)C. The van der Waals surface area contributed by atoms with Gasteiger partial charge in [-0.2, -0.15) is 0 Å². The lowest BCUT2D eigenvalue weighted by molar-refractivity contribution is -0.162. The van der Waals surface area contributed by atoms with Crippen LogP contribution in [0.1, 0.15) is 33.3 Å². The largest absolute Gasteiger partial charge is 0.479 e. The maximum atomic E-state index is 11.7. The van der Waals surface area contributed by atoms with E-state index in [0.717, 1.165) is 5.56 Å². The Morgan fingerprint density at radius 2 is 1.83 bits per heavy atom. The van der Waals surface area contributed by atoms with E-state index in [2.05, 4.69) is 0 Å². The molecule has 0 bridgehead atoms. The molecule has 0 saturated heterocycles. The van der Waals surface area contributed by atoms with Crippen molar-refractivity contribution >= 4 is 5.97 Å². The molecule has 0 radical (unpaired) electrons. The van der Waals surface area contributed by atoms with E-state index in [1.54, 1.807) is 31.2 Å². The van der Waals surface area contributed by atoms with Crippen molar-refractivity contribution in [2.24, 2.45) is 0 Å². The first-order valence-electron chi connectivity index (χ1n) is 5.91. The summed E-state index contributed by atoms with van der Waals surface area (Å²) < 4.78 is 10.7. The van der Waals surface area contributed by atoms with Gasteiger partial charge in [-0.1, -0.05) is 12.1 Å². The Bertz CT molecular complexity index is 389. The van der Waals surface area contributed by atoms with Gasteiger partial charge in [-0.15, -0.1) is 0 Å². The van der Waals surface area contributed by atoms with Crippen molar-refractivity contribution in [3.05, 3.63) is 29.8 Å². The monoisotopic (exact) mass is 252 g/mol. The van der Waals surface area contributed by atoms with E-state index in [1.807, 2.05) is 20.8 Å². The summed E-state index contributed by atoms with van der Waals surface area (Å²) in [6.45, 7) is 7.07. The smallest absolute Gasteiger partial charge is 0.347 e. The lowest BCUT2D eigenvalue weighted by Crippen LogP contribution is -2.33. The zero-order chi connectivity index (χ0) is 13.8. The number of carbonyl (C=O) groups excluding carboxylic acids is 1. The fourth-order valence-electron chi connectivity index (χ4n) is 1.31. The molecule has 1 atom stereocenters. The lowest BCUT2D eigenvalue weighted by Gasteiger charge is -2.22. The summed E-state index contributed by atoms with van der Waals surface area (Å²) in [6, 6.07) is 6.92. The topological polar surface area (TPSA) is 55.8 Å². The molecule has 18 heavy (non-hydrogen) atoms. The van der Waals surface area contributed by atoms with Crippen molar-refractivity contribution in [1.29, 1.82) is 0 Å². The van der Waals surface area contributed by atoms with Crippen LogP contribution in [-0.2, 0) is 16.1 Å². The molecule has 1 rings (SSSR count). The van der Waals surface area contributed by atoms with E-state index in [9.17, 15) is 4.79 Å². The minimum absolute atomic E-state index is 0.0120. The molecule has 0 heterocycles. The first-order chi connectivity index (χ1) is 8.31. The number of carbonyl (C=O) groups is 1. The van der Waals surface area contributed by atoms with Gasteiger partial charge in [0, 0.05) is 0 Å². The van der Waals surface area contributed by atoms with Crippen LogP contribution in [0.2, 0.25) is 0 Å². The van der Waals surface area contributed by atoms with Crippen LogP contribution in [0.4, 0.5) is 0 Å². The highest BCUT2D eigenvalue weighted by Crippen LogP contribution is 2.16. The van der Waals surface area contributed by atoms with Crippen molar-refractivity contribution < 1.29 is 19.4 Å². The number of benzene rings is 1. The fourth-order valence-corrected chi connectivity index (χ4v) is 1.31. The summed E-state index contributed by atoms with van der Waals surface area (Å²) in [5.41, 5.74) is 0.280. The van der Waals surface area contributed by atoms with E-state index < -0.39 is 17.7 Å². The van der Waals surface area contributed by atoms with E-state index >= 15 is 0 Å². The van der Waals surface area contributed by atoms with Crippen LogP contribution in [0.5, 0.6) is 5.75 Å². The van der Waals surface area contributed by atoms with Gasteiger partial charge in [-0.3, -0.25) is 0 Å². The highest BCUT2D eigenvalue weighted by molar-refractivity contribution is 5.75. The van der Waals surface area contributed by atoms with Gasteiger partial charge in [0.25, 0.3) is 0 Å². The molecule has 0 spiro atoms. The van der Waals surface area contributed by atoms with Gasteiger partial charge in [0.05, 0.1) is 6.61 Å². The Labute approximate surface area is 108 Å². The third kappa shape index (κ3) is 4.75. The Morgan fingerprint density at radius 1 is 1.28 bits per heavy atom. The number of aliphatic hydroxyl groups is 1. The van der Waals surface area contributed by atoms with Crippen molar-refractivity contribution in [3.63, 3.8) is 0 Å². The van der Waals surface area contributed by atoms with E-state index in [0.29, 0.717) is 5.75 Å². The molecular weight excluding hydrogens is 232 g/mol. The Hall–Kier alpha value is -1.55. The van der Waals surface area contributed by atoms with E-state index in [4.69, 9.17) is 14.6 Å². The van der Waals surface area contributed by atoms with Crippen LogP contribution in [0.15, 0.2) is 24.3 Å². The average Bonchev–Trinajstić information content (AvgIpc) is 2.27. The van der Waals surface area contributed by atoms with Gasteiger partial charge in [0.2, 0.25) is 0 Å². The second kappa shape index (κ2) is 5.87. The van der Waals surface area contributed by atoms with Crippen LogP contribution in [0, 0.1) is 0 Å². The summed E-state index contributed by atoms with van der Waals surface area (Å²) in [5, 5.41) is 8.91. The van der Waals surface area contributed by atoms with Gasteiger partial charge in [-0.25, -0.2) is 4.79 Å². The van der Waals surface area contributed by atoms with Crippen LogP contribution in [0.3, 0.4) is 0 Å². The molecule has 0 amide bonds. The Kier molecular flexibility index (Phi) is 4.73. The Balaban J connectivity index is 2.58. The van der Waals surface area contributed by atoms with Crippen LogP contribution >= 0.6 is 0 Å². The zero-order valence-corrected chi connectivity index (χ0v) is 11.3. The van der Waals surface area contributed by atoms with Gasteiger partial charge >= 0.3 is 5.97 Å². The summed E-state index contributed by atoms with van der Waals surface area (Å²) in [6.07, 6.45) is -0.663. The molecule has 4 heteroatoms. The first kappa shape index (κ1) is 14.5. The molecule has 1 aromatic carbocycles. The van der Waals surface area contributed by atoms with Crippen LogP contribution in [0.25, 0.3) is 0 Å². The van der Waals surface area contributed by atoms with Crippen LogP contribution in [-0.4, -0.2) is 22.8 Å². The minimum atomic E-state index is -0.663. The molecule has 0 fully saturated rings. The number of hydrogen-bond acceptors (Lipinski definition) is 4. The highest BCUT2D eigenvalue weighted by atomic mass is 16.6. The predicted octanol–water partition coefficient (Wildman–Crippen LogP) is 2.29. The normalized spacial score (nSPS) is 12.9.